The van der Waals surface area contributed by atoms with Gasteiger partial charge in [0.15, 0.2) is 6.29 Å². The molecule has 0 aliphatic heterocycles. The first-order chi connectivity index (χ1) is 8.70. The molecule has 0 unspecified atom stereocenters. The minimum Gasteiger partial charge on any atom is -0.488 e. The molecule has 0 aliphatic carbocycles. The Morgan fingerprint density at radius 2 is 2.00 bits per heavy atom. The van der Waals surface area contributed by atoms with Gasteiger partial charge in [-0.15, -0.1) is 0 Å². The van der Waals surface area contributed by atoms with Crippen LogP contribution in [0, 0.1) is 5.82 Å². The van der Waals surface area contributed by atoms with Crippen LogP contribution in [-0.4, -0.2) is 6.29 Å². The van der Waals surface area contributed by atoms with E-state index in [1.807, 2.05) is 0 Å². The molecule has 0 atom stereocenters. The maximum atomic E-state index is 13.4. The van der Waals surface area contributed by atoms with Crippen LogP contribution in [-0.2, 0) is 6.61 Å². The van der Waals surface area contributed by atoms with E-state index in [4.69, 9.17) is 16.3 Å². The summed E-state index contributed by atoms with van der Waals surface area (Å²) in [6, 6.07) is 11.0. The van der Waals surface area contributed by atoms with Crippen LogP contribution in [0.1, 0.15) is 15.9 Å². The van der Waals surface area contributed by atoms with Crippen LogP contribution in [0.15, 0.2) is 42.5 Å². The van der Waals surface area contributed by atoms with E-state index in [0.29, 0.717) is 28.2 Å². The van der Waals surface area contributed by atoms with Crippen molar-refractivity contribution in [1.82, 2.24) is 0 Å². The summed E-state index contributed by atoms with van der Waals surface area (Å²) in [6.07, 6.45) is 0.698. The Bertz CT molecular complexity index is 569. The van der Waals surface area contributed by atoms with Crippen LogP contribution in [0.25, 0.3) is 0 Å². The minimum atomic E-state index is -0.386. The Morgan fingerprint density at radius 3 is 2.78 bits per heavy atom. The lowest BCUT2D eigenvalue weighted by Crippen LogP contribution is -2.00. The normalized spacial score (nSPS) is 10.1. The Hall–Kier alpha value is -1.87. The molecule has 2 aromatic carbocycles. The molecular formula is C14H10ClFO2. The van der Waals surface area contributed by atoms with Gasteiger partial charge in [-0.2, -0.15) is 0 Å². The van der Waals surface area contributed by atoms with E-state index < -0.39 is 0 Å². The number of carbonyl (C=O) groups excluding carboxylic acids is 1. The van der Waals surface area contributed by atoms with Crippen molar-refractivity contribution < 1.29 is 13.9 Å². The van der Waals surface area contributed by atoms with Crippen molar-refractivity contribution in [3.8, 4) is 5.75 Å². The van der Waals surface area contributed by atoms with Crippen molar-refractivity contribution in [2.24, 2.45) is 0 Å². The fourth-order valence-corrected chi connectivity index (χ4v) is 1.71. The van der Waals surface area contributed by atoms with Gasteiger partial charge >= 0.3 is 0 Å². The van der Waals surface area contributed by atoms with E-state index in [1.54, 1.807) is 24.3 Å². The second kappa shape index (κ2) is 5.65. The SMILES string of the molecule is O=Cc1ccccc1OCc1cc(Cl)ccc1F. The molecule has 0 radical (unpaired) electrons. The predicted molar refractivity (Wildman–Crippen MR) is 67.6 cm³/mol. The van der Waals surface area contributed by atoms with Gasteiger partial charge in [-0.1, -0.05) is 23.7 Å². The molecule has 2 aromatic rings. The Morgan fingerprint density at radius 1 is 1.22 bits per heavy atom. The third kappa shape index (κ3) is 2.87. The lowest BCUT2D eigenvalue weighted by Gasteiger charge is -2.09. The Balaban J connectivity index is 2.16. The Kier molecular flexibility index (Phi) is 3.95. The average Bonchev–Trinajstić information content (AvgIpc) is 2.40. The fraction of sp³-hybridized carbons (Fsp3) is 0.0714. The van der Waals surface area contributed by atoms with E-state index in [-0.39, 0.29) is 12.4 Å². The lowest BCUT2D eigenvalue weighted by atomic mass is 10.2. The van der Waals surface area contributed by atoms with Gasteiger partial charge in [0, 0.05) is 10.6 Å². The number of para-hydroxylation sites is 1. The van der Waals surface area contributed by atoms with Gasteiger partial charge in [0.2, 0.25) is 0 Å². The van der Waals surface area contributed by atoms with Crippen molar-refractivity contribution in [3.63, 3.8) is 0 Å². The second-order valence-electron chi connectivity index (χ2n) is 3.68. The molecule has 0 saturated carbocycles. The van der Waals surface area contributed by atoms with E-state index in [0.717, 1.165) is 0 Å². The van der Waals surface area contributed by atoms with E-state index in [1.165, 1.54) is 18.2 Å². The monoisotopic (exact) mass is 264 g/mol. The van der Waals surface area contributed by atoms with Crippen molar-refractivity contribution >= 4 is 17.9 Å². The number of carbonyl (C=O) groups is 1. The molecule has 0 spiro atoms. The van der Waals surface area contributed by atoms with Gasteiger partial charge in [0.25, 0.3) is 0 Å². The van der Waals surface area contributed by atoms with Gasteiger partial charge in [-0.25, -0.2) is 4.39 Å². The van der Waals surface area contributed by atoms with Crippen molar-refractivity contribution in [2.45, 2.75) is 6.61 Å². The highest BCUT2D eigenvalue weighted by Crippen LogP contribution is 2.20. The summed E-state index contributed by atoms with van der Waals surface area (Å²) in [7, 11) is 0. The van der Waals surface area contributed by atoms with E-state index >= 15 is 0 Å². The smallest absolute Gasteiger partial charge is 0.153 e. The summed E-state index contributed by atoms with van der Waals surface area (Å²) in [6.45, 7) is 0.0250. The molecule has 92 valence electrons. The standard InChI is InChI=1S/C14H10ClFO2/c15-12-5-6-13(16)11(7-12)9-18-14-4-2-1-3-10(14)8-17/h1-8H,9H2. The minimum absolute atomic E-state index is 0.0250. The summed E-state index contributed by atoms with van der Waals surface area (Å²) >= 11 is 5.78. The van der Waals surface area contributed by atoms with Crippen LogP contribution in [0.5, 0.6) is 5.75 Å². The maximum Gasteiger partial charge on any atom is 0.153 e. The first-order valence-corrected chi connectivity index (χ1v) is 5.69. The van der Waals surface area contributed by atoms with E-state index in [2.05, 4.69) is 0 Å². The van der Waals surface area contributed by atoms with Gasteiger partial charge in [-0.05, 0) is 30.3 Å². The van der Waals surface area contributed by atoms with Gasteiger partial charge in [0.05, 0.1) is 5.56 Å². The maximum absolute atomic E-state index is 13.4. The Labute approximate surface area is 109 Å². The molecule has 0 fully saturated rings. The number of halogens is 2. The summed E-state index contributed by atoms with van der Waals surface area (Å²) < 4.78 is 18.9. The molecule has 18 heavy (non-hydrogen) atoms. The topological polar surface area (TPSA) is 26.3 Å². The van der Waals surface area contributed by atoms with Crippen LogP contribution < -0.4 is 4.74 Å². The molecule has 0 bridgehead atoms. The molecule has 0 saturated heterocycles. The summed E-state index contributed by atoms with van der Waals surface area (Å²) in [5, 5.41) is 0.443. The third-order valence-electron chi connectivity index (χ3n) is 2.44. The molecule has 2 nitrogen and oxygen atoms in total. The number of benzene rings is 2. The lowest BCUT2D eigenvalue weighted by molar-refractivity contribution is 0.111. The number of rotatable bonds is 4. The largest absolute Gasteiger partial charge is 0.488 e. The zero-order valence-electron chi connectivity index (χ0n) is 9.40. The highest BCUT2D eigenvalue weighted by Gasteiger charge is 2.06. The summed E-state index contributed by atoms with van der Waals surface area (Å²) in [4.78, 5) is 10.8. The predicted octanol–water partition coefficient (Wildman–Crippen LogP) is 3.87. The van der Waals surface area contributed by atoms with Crippen molar-refractivity contribution in [1.29, 1.82) is 0 Å². The molecule has 0 aromatic heterocycles. The fourth-order valence-electron chi connectivity index (χ4n) is 1.52. The van der Waals surface area contributed by atoms with Crippen LogP contribution in [0.3, 0.4) is 0 Å². The summed E-state index contributed by atoms with van der Waals surface area (Å²) in [5.74, 6) is 0.0369. The molecule has 2 rings (SSSR count). The van der Waals surface area contributed by atoms with Crippen molar-refractivity contribution in [2.75, 3.05) is 0 Å². The first kappa shape index (κ1) is 12.6. The molecule has 0 aliphatic rings. The summed E-state index contributed by atoms with van der Waals surface area (Å²) in [5.41, 5.74) is 0.781. The second-order valence-corrected chi connectivity index (χ2v) is 4.12. The zero-order valence-corrected chi connectivity index (χ0v) is 10.2. The highest BCUT2D eigenvalue weighted by molar-refractivity contribution is 6.30. The van der Waals surface area contributed by atoms with Gasteiger partial charge in [0.1, 0.15) is 18.2 Å². The molecule has 0 heterocycles. The van der Waals surface area contributed by atoms with Crippen LogP contribution >= 0.6 is 11.6 Å². The first-order valence-electron chi connectivity index (χ1n) is 5.31. The number of aldehydes is 1. The van der Waals surface area contributed by atoms with Gasteiger partial charge < -0.3 is 4.74 Å². The molecule has 0 amide bonds. The quantitative estimate of drug-likeness (QED) is 0.784. The average molecular weight is 265 g/mol. The highest BCUT2D eigenvalue weighted by atomic mass is 35.5. The van der Waals surface area contributed by atoms with E-state index in [9.17, 15) is 9.18 Å². The van der Waals surface area contributed by atoms with Crippen LogP contribution in [0.4, 0.5) is 4.39 Å². The van der Waals surface area contributed by atoms with Crippen LogP contribution in [0.2, 0.25) is 5.02 Å². The van der Waals surface area contributed by atoms with Crippen molar-refractivity contribution in [3.05, 3.63) is 64.4 Å². The molecule has 0 N–H and O–H groups in total. The number of hydrogen-bond acceptors (Lipinski definition) is 2. The zero-order chi connectivity index (χ0) is 13.0. The number of ether oxygens (including phenoxy) is 1. The number of hydrogen-bond donors (Lipinski definition) is 0. The molecule has 4 heteroatoms. The van der Waals surface area contributed by atoms with Gasteiger partial charge in [-0.3, -0.25) is 4.79 Å². The third-order valence-corrected chi connectivity index (χ3v) is 2.67. The molecular weight excluding hydrogens is 255 g/mol.